The number of benzene rings is 1. The van der Waals surface area contributed by atoms with E-state index in [-0.39, 0.29) is 0 Å². The Bertz CT molecular complexity index is 353. The molecule has 0 radical (unpaired) electrons. The van der Waals surface area contributed by atoms with Crippen LogP contribution in [0.15, 0.2) is 12.1 Å². The van der Waals surface area contributed by atoms with Gasteiger partial charge in [-0.25, -0.2) is 0 Å². The van der Waals surface area contributed by atoms with Gasteiger partial charge < -0.3 is 19.5 Å². The van der Waals surface area contributed by atoms with Crippen molar-refractivity contribution in [2.24, 2.45) is 0 Å². The van der Waals surface area contributed by atoms with Crippen LogP contribution in [0.2, 0.25) is 0 Å². The van der Waals surface area contributed by atoms with Gasteiger partial charge in [0.1, 0.15) is 11.5 Å². The molecule has 0 amide bonds. The fraction of sp³-hybridized carbons (Fsp3) is 0.538. The second-order valence-corrected chi connectivity index (χ2v) is 3.76. The highest BCUT2D eigenvalue weighted by Crippen LogP contribution is 2.29. The van der Waals surface area contributed by atoms with Crippen molar-refractivity contribution in [2.75, 3.05) is 34.9 Å². The molecule has 0 fully saturated rings. The highest BCUT2D eigenvalue weighted by molar-refractivity contribution is 5.46. The Labute approximate surface area is 103 Å². The second-order valence-electron chi connectivity index (χ2n) is 3.76. The summed E-state index contributed by atoms with van der Waals surface area (Å²) in [5.74, 6) is 1.66. The van der Waals surface area contributed by atoms with Gasteiger partial charge >= 0.3 is 0 Å². The Hall–Kier alpha value is -1.26. The Morgan fingerprint density at radius 3 is 2.18 bits per heavy atom. The number of likely N-dealkylation sites (N-methyl/N-ethyl adjacent to an activating group) is 1. The maximum atomic E-state index is 5.37. The number of hydrogen-bond donors (Lipinski definition) is 1. The molecule has 0 heterocycles. The van der Waals surface area contributed by atoms with Crippen LogP contribution in [-0.2, 0) is 17.8 Å². The lowest BCUT2D eigenvalue weighted by Crippen LogP contribution is -2.11. The largest absolute Gasteiger partial charge is 0.496 e. The molecule has 0 saturated heterocycles. The van der Waals surface area contributed by atoms with Crippen LogP contribution in [0.1, 0.15) is 11.1 Å². The number of rotatable bonds is 7. The van der Waals surface area contributed by atoms with E-state index in [0.717, 1.165) is 35.6 Å². The molecule has 0 saturated carbocycles. The van der Waals surface area contributed by atoms with E-state index in [1.54, 1.807) is 21.3 Å². The van der Waals surface area contributed by atoms with Gasteiger partial charge in [0.15, 0.2) is 0 Å². The Kier molecular flexibility index (Phi) is 5.80. The zero-order chi connectivity index (χ0) is 12.7. The van der Waals surface area contributed by atoms with Gasteiger partial charge in [-0.05, 0) is 31.6 Å². The van der Waals surface area contributed by atoms with Crippen LogP contribution in [0.5, 0.6) is 11.5 Å². The Balaban J connectivity index is 3.04. The topological polar surface area (TPSA) is 39.7 Å². The van der Waals surface area contributed by atoms with Gasteiger partial charge in [0, 0.05) is 18.7 Å². The van der Waals surface area contributed by atoms with E-state index >= 15 is 0 Å². The van der Waals surface area contributed by atoms with E-state index in [2.05, 4.69) is 11.4 Å². The first-order valence-corrected chi connectivity index (χ1v) is 5.64. The molecule has 0 bridgehead atoms. The highest BCUT2D eigenvalue weighted by Gasteiger charge is 2.10. The molecule has 4 heteroatoms. The van der Waals surface area contributed by atoms with Crippen LogP contribution in [0.3, 0.4) is 0 Å². The lowest BCUT2D eigenvalue weighted by Gasteiger charge is -2.14. The molecule has 17 heavy (non-hydrogen) atoms. The zero-order valence-electron chi connectivity index (χ0n) is 11.0. The molecule has 0 aliphatic rings. The molecule has 1 N–H and O–H groups in total. The summed E-state index contributed by atoms with van der Waals surface area (Å²) < 4.78 is 15.9. The van der Waals surface area contributed by atoms with Crippen molar-refractivity contribution in [2.45, 2.75) is 13.0 Å². The minimum absolute atomic E-state index is 0.541. The molecular formula is C13H21NO3. The fourth-order valence-corrected chi connectivity index (χ4v) is 1.76. The summed E-state index contributed by atoms with van der Waals surface area (Å²) in [5.41, 5.74) is 2.21. The first kappa shape index (κ1) is 13.8. The van der Waals surface area contributed by atoms with Crippen molar-refractivity contribution in [3.8, 4) is 11.5 Å². The molecule has 0 spiro atoms. The first-order valence-electron chi connectivity index (χ1n) is 5.64. The van der Waals surface area contributed by atoms with Crippen molar-refractivity contribution in [1.29, 1.82) is 0 Å². The van der Waals surface area contributed by atoms with E-state index in [0.29, 0.717) is 6.61 Å². The first-order chi connectivity index (χ1) is 8.26. The molecule has 0 aliphatic carbocycles. The minimum Gasteiger partial charge on any atom is -0.496 e. The summed E-state index contributed by atoms with van der Waals surface area (Å²) in [6, 6.07) is 4.00. The smallest absolute Gasteiger partial charge is 0.128 e. The van der Waals surface area contributed by atoms with Gasteiger partial charge in [0.2, 0.25) is 0 Å². The maximum Gasteiger partial charge on any atom is 0.128 e. The summed E-state index contributed by atoms with van der Waals surface area (Å²) in [7, 11) is 6.94. The molecule has 0 aromatic heterocycles. The third-order valence-corrected chi connectivity index (χ3v) is 2.63. The van der Waals surface area contributed by atoms with Crippen LogP contribution in [-0.4, -0.2) is 34.9 Å². The van der Waals surface area contributed by atoms with Gasteiger partial charge in [-0.15, -0.1) is 0 Å². The van der Waals surface area contributed by atoms with Crippen LogP contribution < -0.4 is 14.8 Å². The van der Waals surface area contributed by atoms with E-state index in [1.807, 2.05) is 13.1 Å². The average molecular weight is 239 g/mol. The summed E-state index contributed by atoms with van der Waals surface area (Å²) >= 11 is 0. The summed E-state index contributed by atoms with van der Waals surface area (Å²) in [4.78, 5) is 0. The van der Waals surface area contributed by atoms with Crippen LogP contribution in [0.4, 0.5) is 0 Å². The fourth-order valence-electron chi connectivity index (χ4n) is 1.76. The van der Waals surface area contributed by atoms with Crippen molar-refractivity contribution in [3.05, 3.63) is 23.3 Å². The van der Waals surface area contributed by atoms with Crippen LogP contribution in [0.25, 0.3) is 0 Å². The molecular weight excluding hydrogens is 218 g/mol. The second kappa shape index (κ2) is 7.14. The predicted molar refractivity (Wildman–Crippen MR) is 67.9 cm³/mol. The van der Waals surface area contributed by atoms with E-state index in [4.69, 9.17) is 14.2 Å². The number of nitrogens with one attached hydrogen (secondary N) is 1. The van der Waals surface area contributed by atoms with Crippen molar-refractivity contribution in [3.63, 3.8) is 0 Å². The molecule has 1 aromatic carbocycles. The molecule has 4 nitrogen and oxygen atoms in total. The van der Waals surface area contributed by atoms with Gasteiger partial charge in [-0.1, -0.05) is 0 Å². The lowest BCUT2D eigenvalue weighted by molar-refractivity contribution is 0.181. The highest BCUT2D eigenvalue weighted by atomic mass is 16.5. The van der Waals surface area contributed by atoms with Crippen molar-refractivity contribution < 1.29 is 14.2 Å². The van der Waals surface area contributed by atoms with E-state index in [1.165, 1.54) is 0 Å². The lowest BCUT2D eigenvalue weighted by atomic mass is 10.1. The number of methoxy groups -OCH3 is 3. The van der Waals surface area contributed by atoms with Crippen LogP contribution in [0, 0.1) is 0 Å². The number of hydrogen-bond acceptors (Lipinski definition) is 4. The minimum atomic E-state index is 0.541. The third kappa shape index (κ3) is 3.61. The van der Waals surface area contributed by atoms with Gasteiger partial charge in [-0.2, -0.15) is 0 Å². The molecule has 1 aromatic rings. The standard InChI is InChI=1S/C13H21NO3/c1-14-6-5-10-7-11(9-15-2)13(17-4)8-12(10)16-3/h7-8,14H,5-6,9H2,1-4H3. The quantitative estimate of drug-likeness (QED) is 0.784. The van der Waals surface area contributed by atoms with Gasteiger partial charge in [0.25, 0.3) is 0 Å². The Morgan fingerprint density at radius 1 is 1.00 bits per heavy atom. The Morgan fingerprint density at radius 2 is 1.65 bits per heavy atom. The summed E-state index contributed by atoms with van der Waals surface area (Å²) in [6.45, 7) is 1.45. The molecule has 96 valence electrons. The van der Waals surface area contributed by atoms with Crippen LogP contribution >= 0.6 is 0 Å². The van der Waals surface area contributed by atoms with Crippen molar-refractivity contribution >= 4 is 0 Å². The SMILES string of the molecule is CNCCc1cc(COC)c(OC)cc1OC. The molecule has 0 atom stereocenters. The summed E-state index contributed by atoms with van der Waals surface area (Å²) in [5, 5.41) is 3.13. The van der Waals surface area contributed by atoms with Gasteiger partial charge in [-0.3, -0.25) is 0 Å². The predicted octanol–water partition coefficient (Wildman–Crippen LogP) is 1.61. The monoisotopic (exact) mass is 239 g/mol. The third-order valence-electron chi connectivity index (χ3n) is 2.63. The summed E-state index contributed by atoms with van der Waals surface area (Å²) in [6.07, 6.45) is 0.917. The average Bonchev–Trinajstić information content (AvgIpc) is 2.36. The van der Waals surface area contributed by atoms with E-state index < -0.39 is 0 Å². The molecule has 0 aliphatic heterocycles. The number of ether oxygens (including phenoxy) is 3. The molecule has 1 rings (SSSR count). The van der Waals surface area contributed by atoms with Gasteiger partial charge in [0.05, 0.1) is 20.8 Å². The molecule has 0 unspecified atom stereocenters. The zero-order valence-corrected chi connectivity index (χ0v) is 11.0. The van der Waals surface area contributed by atoms with E-state index in [9.17, 15) is 0 Å². The van der Waals surface area contributed by atoms with Crippen molar-refractivity contribution in [1.82, 2.24) is 5.32 Å². The normalized spacial score (nSPS) is 10.4. The maximum absolute atomic E-state index is 5.37.